The number of hydrogen-bond acceptors (Lipinski definition) is 7. The third-order valence-electron chi connectivity index (χ3n) is 6.68. The molecule has 1 aliphatic rings. The molecule has 0 bridgehead atoms. The Labute approximate surface area is 234 Å². The van der Waals surface area contributed by atoms with Gasteiger partial charge >= 0.3 is 0 Å². The number of anilines is 2. The molecule has 2 N–H and O–H groups in total. The van der Waals surface area contributed by atoms with Gasteiger partial charge in [0, 0.05) is 49.5 Å². The van der Waals surface area contributed by atoms with Gasteiger partial charge in [-0.2, -0.15) is 0 Å². The lowest BCUT2D eigenvalue weighted by Crippen LogP contribution is -2.16. The monoisotopic (exact) mass is 544 g/mol. The smallest absolute Gasteiger partial charge is 0.152 e. The summed E-state index contributed by atoms with van der Waals surface area (Å²) in [6.45, 7) is 6.18. The first-order valence-electron chi connectivity index (χ1n) is 13.6. The minimum absolute atomic E-state index is 0.341. The highest BCUT2D eigenvalue weighted by molar-refractivity contribution is 5.95. The fraction of sp³-hybridized carbons (Fsp3) is 0.323. The summed E-state index contributed by atoms with van der Waals surface area (Å²) in [6, 6.07) is 10.6. The quantitative estimate of drug-likeness (QED) is 0.255. The standard InChI is InChI=1S/C29H31FN6O2.C2H6/c1-31-11-8-22-23(27-15-32-29-14-20(30)9-12-36(27)29)4-6-25(24(22)17-37)33-28-7-5-21(19-10-13-38-18-19)26(34-28)16-35(2)3;1-2/h4-9,11-12,14-15,17,19,31H,10,13,16,18H2,1-3H3,(H,33,34);1-2H3/b11-8-;. The SMILES string of the molecule is CC.CN/C=C\c1c(-c2cnc3cc(F)ccn23)ccc(Nc2ccc(C3CCOC3)c(CN(C)C)n2)c1C=O. The van der Waals surface area contributed by atoms with Crippen molar-refractivity contribution in [2.45, 2.75) is 32.7 Å². The maximum absolute atomic E-state index is 13.7. The number of fused-ring (bicyclic) bond motifs is 1. The second-order valence-electron chi connectivity index (χ2n) is 9.60. The highest BCUT2D eigenvalue weighted by Gasteiger charge is 2.22. The maximum atomic E-state index is 13.7. The van der Waals surface area contributed by atoms with Gasteiger partial charge in [0.1, 0.15) is 17.3 Å². The van der Waals surface area contributed by atoms with E-state index in [4.69, 9.17) is 9.72 Å². The van der Waals surface area contributed by atoms with Gasteiger partial charge in [-0.15, -0.1) is 0 Å². The molecule has 0 aliphatic carbocycles. The number of nitrogens with zero attached hydrogens (tertiary/aromatic N) is 4. The Morgan fingerprint density at radius 1 is 1.18 bits per heavy atom. The van der Waals surface area contributed by atoms with E-state index < -0.39 is 0 Å². The van der Waals surface area contributed by atoms with Crippen LogP contribution in [0.5, 0.6) is 0 Å². The molecule has 1 fully saturated rings. The molecule has 4 heterocycles. The summed E-state index contributed by atoms with van der Waals surface area (Å²) in [7, 11) is 5.84. The van der Waals surface area contributed by atoms with Crippen molar-refractivity contribution in [3.8, 4) is 11.3 Å². The van der Waals surface area contributed by atoms with E-state index >= 15 is 0 Å². The minimum Gasteiger partial charge on any atom is -0.394 e. The first-order chi connectivity index (χ1) is 19.5. The van der Waals surface area contributed by atoms with Crippen molar-refractivity contribution in [3.05, 3.63) is 83.2 Å². The molecule has 4 aromatic rings. The lowest BCUT2D eigenvalue weighted by Gasteiger charge is -2.19. The lowest BCUT2D eigenvalue weighted by molar-refractivity contribution is 0.112. The molecule has 1 unspecified atom stereocenters. The van der Waals surface area contributed by atoms with Crippen molar-refractivity contribution in [1.82, 2.24) is 24.6 Å². The summed E-state index contributed by atoms with van der Waals surface area (Å²) in [4.78, 5) is 23.9. The molecular weight excluding hydrogens is 507 g/mol. The maximum Gasteiger partial charge on any atom is 0.152 e. The molecule has 0 saturated carbocycles. The van der Waals surface area contributed by atoms with Gasteiger partial charge in [0.2, 0.25) is 0 Å². The first-order valence-corrected chi connectivity index (χ1v) is 13.6. The molecule has 0 spiro atoms. The number of aldehydes is 1. The molecule has 1 saturated heterocycles. The second kappa shape index (κ2) is 13.3. The summed E-state index contributed by atoms with van der Waals surface area (Å²) in [6.07, 6.45) is 8.77. The van der Waals surface area contributed by atoms with Crippen molar-refractivity contribution >= 4 is 29.5 Å². The van der Waals surface area contributed by atoms with Crippen LogP contribution in [-0.2, 0) is 11.3 Å². The number of carbonyl (C=O) groups is 1. The zero-order valence-corrected chi connectivity index (χ0v) is 23.7. The molecule has 5 rings (SSSR count). The summed E-state index contributed by atoms with van der Waals surface area (Å²) in [5.74, 6) is 0.647. The number of ether oxygens (including phenoxy) is 1. The number of hydrogen-bond donors (Lipinski definition) is 2. The number of benzene rings is 1. The van der Waals surface area contributed by atoms with Crippen molar-refractivity contribution in [1.29, 1.82) is 0 Å². The van der Waals surface area contributed by atoms with E-state index in [1.807, 2.05) is 52.2 Å². The van der Waals surface area contributed by atoms with Gasteiger partial charge in [0.05, 0.1) is 29.9 Å². The van der Waals surface area contributed by atoms with Crippen LogP contribution in [0.3, 0.4) is 0 Å². The molecule has 0 radical (unpaired) electrons. The molecule has 8 nitrogen and oxygen atoms in total. The molecule has 1 aromatic carbocycles. The van der Waals surface area contributed by atoms with Crippen LogP contribution in [0.2, 0.25) is 0 Å². The van der Waals surface area contributed by atoms with E-state index in [0.29, 0.717) is 47.3 Å². The molecular formula is C31H37FN6O2. The summed E-state index contributed by atoms with van der Waals surface area (Å²) >= 11 is 0. The number of imidazole rings is 1. The Balaban J connectivity index is 0.00000181. The lowest BCUT2D eigenvalue weighted by atomic mass is 9.96. The molecule has 3 aromatic heterocycles. The Morgan fingerprint density at radius 2 is 2.00 bits per heavy atom. The number of aromatic nitrogens is 3. The van der Waals surface area contributed by atoms with Gasteiger partial charge in [-0.25, -0.2) is 14.4 Å². The van der Waals surface area contributed by atoms with Gasteiger partial charge in [-0.1, -0.05) is 26.0 Å². The third kappa shape index (κ3) is 6.21. The fourth-order valence-electron chi connectivity index (χ4n) is 4.89. The normalized spacial score (nSPS) is 14.9. The van der Waals surface area contributed by atoms with Crippen LogP contribution < -0.4 is 10.6 Å². The fourth-order valence-corrected chi connectivity index (χ4v) is 4.89. The topological polar surface area (TPSA) is 83.8 Å². The van der Waals surface area contributed by atoms with Gasteiger partial charge in [0.25, 0.3) is 0 Å². The second-order valence-corrected chi connectivity index (χ2v) is 9.60. The van der Waals surface area contributed by atoms with E-state index in [1.165, 1.54) is 17.7 Å². The zero-order valence-electron chi connectivity index (χ0n) is 23.7. The number of carbonyl (C=O) groups excluding carboxylic acids is 1. The molecule has 9 heteroatoms. The Hall–Kier alpha value is -4.08. The van der Waals surface area contributed by atoms with E-state index in [1.54, 1.807) is 30.0 Å². The zero-order chi connectivity index (χ0) is 28.6. The predicted molar refractivity (Wildman–Crippen MR) is 159 cm³/mol. The van der Waals surface area contributed by atoms with E-state index in [2.05, 4.69) is 26.6 Å². The van der Waals surface area contributed by atoms with Gasteiger partial charge < -0.3 is 20.3 Å². The van der Waals surface area contributed by atoms with E-state index in [0.717, 1.165) is 36.3 Å². The largest absolute Gasteiger partial charge is 0.394 e. The highest BCUT2D eigenvalue weighted by atomic mass is 19.1. The molecule has 1 aliphatic heterocycles. The van der Waals surface area contributed by atoms with Crippen LogP contribution in [0.1, 0.15) is 53.4 Å². The molecule has 210 valence electrons. The van der Waals surface area contributed by atoms with E-state index in [9.17, 15) is 9.18 Å². The number of pyridine rings is 2. The average molecular weight is 545 g/mol. The number of nitrogens with one attached hydrogen (secondary N) is 2. The molecule has 1 atom stereocenters. The van der Waals surface area contributed by atoms with Crippen molar-refractivity contribution < 1.29 is 13.9 Å². The minimum atomic E-state index is -0.356. The van der Waals surface area contributed by atoms with Crippen molar-refractivity contribution in [2.24, 2.45) is 0 Å². The van der Waals surface area contributed by atoms with Crippen LogP contribution in [-0.4, -0.2) is 59.9 Å². The van der Waals surface area contributed by atoms with Gasteiger partial charge in [-0.3, -0.25) is 9.20 Å². The number of rotatable bonds is 9. The summed E-state index contributed by atoms with van der Waals surface area (Å²) in [5.41, 5.74) is 6.06. The van der Waals surface area contributed by atoms with Gasteiger partial charge in [-0.05, 0) is 62.1 Å². The molecule has 40 heavy (non-hydrogen) atoms. The predicted octanol–water partition coefficient (Wildman–Crippen LogP) is 5.87. The Morgan fingerprint density at radius 3 is 2.70 bits per heavy atom. The van der Waals surface area contributed by atoms with Crippen LogP contribution in [0.15, 0.2) is 55.0 Å². The highest BCUT2D eigenvalue weighted by Crippen LogP contribution is 2.34. The van der Waals surface area contributed by atoms with Gasteiger partial charge in [0.15, 0.2) is 6.29 Å². The van der Waals surface area contributed by atoms with Crippen molar-refractivity contribution in [2.75, 3.05) is 39.7 Å². The Bertz CT molecular complexity index is 1490. The summed E-state index contributed by atoms with van der Waals surface area (Å²) in [5, 5.41) is 6.37. The summed E-state index contributed by atoms with van der Waals surface area (Å²) < 4.78 is 21.2. The van der Waals surface area contributed by atoms with Crippen LogP contribution in [0.25, 0.3) is 23.0 Å². The third-order valence-corrected chi connectivity index (χ3v) is 6.68. The molecule has 0 amide bonds. The Kier molecular flexibility index (Phi) is 9.63. The van der Waals surface area contributed by atoms with Crippen molar-refractivity contribution in [3.63, 3.8) is 0 Å². The van der Waals surface area contributed by atoms with Crippen LogP contribution in [0.4, 0.5) is 15.9 Å². The van der Waals surface area contributed by atoms with Crippen LogP contribution >= 0.6 is 0 Å². The number of halogens is 1. The van der Waals surface area contributed by atoms with E-state index in [-0.39, 0.29) is 5.82 Å². The average Bonchev–Trinajstić information content (AvgIpc) is 3.63. The first kappa shape index (κ1) is 28.9. The van der Waals surface area contributed by atoms with Crippen LogP contribution in [0, 0.1) is 5.82 Å².